The monoisotopic (exact) mass is 496 g/mol. The van der Waals surface area contributed by atoms with Gasteiger partial charge in [0.1, 0.15) is 12.4 Å². The maximum Gasteiger partial charge on any atom is 0.221 e. The molecule has 2 rings (SSSR count). The van der Waals surface area contributed by atoms with E-state index in [-0.39, 0.29) is 29.9 Å². The highest BCUT2D eigenvalue weighted by atomic mass is 127. The van der Waals surface area contributed by atoms with Gasteiger partial charge < -0.3 is 21.1 Å². The topological polar surface area (TPSA) is 88.7 Å². The molecule has 0 saturated heterocycles. The van der Waals surface area contributed by atoms with Gasteiger partial charge in [-0.05, 0) is 42.2 Å². The Morgan fingerprint density at radius 1 is 1.14 bits per heavy atom. The number of rotatable bonds is 8. The molecule has 1 unspecified atom stereocenters. The minimum Gasteiger partial charge on any atom is -0.492 e. The molecule has 1 atom stereocenters. The van der Waals surface area contributed by atoms with Crippen LogP contribution in [-0.2, 0) is 4.79 Å². The van der Waals surface area contributed by atoms with Crippen LogP contribution >= 0.6 is 24.0 Å². The molecule has 1 amide bonds. The summed E-state index contributed by atoms with van der Waals surface area (Å²) in [4.78, 5) is 15.4. The lowest BCUT2D eigenvalue weighted by molar-refractivity contribution is -0.114. The van der Waals surface area contributed by atoms with Gasteiger partial charge in [0.2, 0.25) is 5.91 Å². The lowest BCUT2D eigenvalue weighted by atomic mass is 9.99. The summed E-state index contributed by atoms with van der Waals surface area (Å²) in [6.45, 7) is 6.67. The van der Waals surface area contributed by atoms with Gasteiger partial charge in [0, 0.05) is 24.4 Å². The first-order valence-electron chi connectivity index (χ1n) is 9.15. The fraction of sp³-hybridized carbons (Fsp3) is 0.333. The third kappa shape index (κ3) is 8.16. The summed E-state index contributed by atoms with van der Waals surface area (Å²) in [5.74, 6) is 1.45. The highest BCUT2D eigenvalue weighted by Crippen LogP contribution is 2.20. The normalized spacial score (nSPS) is 11.9. The highest BCUT2D eigenvalue weighted by molar-refractivity contribution is 14.0. The molecule has 0 aliphatic rings. The van der Waals surface area contributed by atoms with Crippen molar-refractivity contribution in [2.75, 3.05) is 23.8 Å². The fourth-order valence-corrected chi connectivity index (χ4v) is 2.51. The molecule has 0 saturated carbocycles. The van der Waals surface area contributed by atoms with Crippen LogP contribution < -0.4 is 21.1 Å². The van der Waals surface area contributed by atoms with Crippen LogP contribution in [0.1, 0.15) is 38.7 Å². The SMILES string of the molecule is CCC(C)c1ccc(NC(N)=NCCOc2cccc(NC(C)=O)c2)cc1.I. The van der Waals surface area contributed by atoms with Gasteiger partial charge in [-0.15, -0.1) is 24.0 Å². The van der Waals surface area contributed by atoms with Crippen LogP contribution in [0.4, 0.5) is 11.4 Å². The Bertz CT molecular complexity index is 778. The van der Waals surface area contributed by atoms with Gasteiger partial charge in [0.25, 0.3) is 0 Å². The van der Waals surface area contributed by atoms with E-state index in [9.17, 15) is 4.79 Å². The molecule has 28 heavy (non-hydrogen) atoms. The molecule has 0 aliphatic carbocycles. The third-order valence-corrected chi connectivity index (χ3v) is 4.16. The van der Waals surface area contributed by atoms with E-state index in [1.807, 2.05) is 24.3 Å². The van der Waals surface area contributed by atoms with E-state index in [1.54, 1.807) is 12.1 Å². The Balaban J connectivity index is 0.00000392. The molecule has 4 N–H and O–H groups in total. The van der Waals surface area contributed by atoms with Crippen molar-refractivity contribution in [3.8, 4) is 5.75 Å². The standard InChI is InChI=1S/C21H28N4O2.HI/c1-4-15(2)17-8-10-18(11-9-17)25-21(22)23-12-13-27-20-7-5-6-19(14-20)24-16(3)26;/h5-11,14-15H,4,12-13H2,1-3H3,(H,24,26)(H3,22,23,25);1H. The van der Waals surface area contributed by atoms with Gasteiger partial charge in [0.05, 0.1) is 6.54 Å². The number of aliphatic imine (C=N–C) groups is 1. The van der Waals surface area contributed by atoms with Crippen LogP contribution in [0.2, 0.25) is 0 Å². The Labute approximate surface area is 184 Å². The Morgan fingerprint density at radius 3 is 2.50 bits per heavy atom. The average molecular weight is 496 g/mol. The van der Waals surface area contributed by atoms with Crippen LogP contribution in [0.3, 0.4) is 0 Å². The summed E-state index contributed by atoms with van der Waals surface area (Å²) in [5.41, 5.74) is 8.85. The zero-order valence-corrected chi connectivity index (χ0v) is 18.9. The van der Waals surface area contributed by atoms with Gasteiger partial charge in [-0.3, -0.25) is 4.79 Å². The summed E-state index contributed by atoms with van der Waals surface area (Å²) in [5, 5.41) is 5.80. The first kappa shape index (κ1) is 23.7. The third-order valence-electron chi connectivity index (χ3n) is 4.16. The maximum atomic E-state index is 11.1. The molecular formula is C21H29IN4O2. The molecule has 0 radical (unpaired) electrons. The molecule has 0 fully saturated rings. The number of anilines is 2. The summed E-state index contributed by atoms with van der Waals surface area (Å²) >= 11 is 0. The molecule has 2 aromatic carbocycles. The first-order chi connectivity index (χ1) is 13.0. The zero-order valence-electron chi connectivity index (χ0n) is 16.6. The number of halogens is 1. The molecular weight excluding hydrogens is 467 g/mol. The van der Waals surface area contributed by atoms with Crippen LogP contribution in [0, 0.1) is 0 Å². The number of hydrogen-bond donors (Lipinski definition) is 3. The fourth-order valence-electron chi connectivity index (χ4n) is 2.51. The number of amides is 1. The molecule has 0 aliphatic heterocycles. The van der Waals surface area contributed by atoms with Crippen molar-refractivity contribution in [3.63, 3.8) is 0 Å². The largest absolute Gasteiger partial charge is 0.492 e. The molecule has 0 bridgehead atoms. The first-order valence-corrected chi connectivity index (χ1v) is 9.15. The minimum absolute atomic E-state index is 0. The van der Waals surface area contributed by atoms with Gasteiger partial charge >= 0.3 is 0 Å². The van der Waals surface area contributed by atoms with Gasteiger partial charge in [0.15, 0.2) is 5.96 Å². The Kier molecular flexibility index (Phi) is 10.4. The quantitative estimate of drug-likeness (QED) is 0.216. The number of guanidine groups is 1. The lowest BCUT2D eigenvalue weighted by Gasteiger charge is -2.11. The molecule has 0 heterocycles. The second-order valence-electron chi connectivity index (χ2n) is 6.38. The van der Waals surface area contributed by atoms with E-state index in [2.05, 4.69) is 41.6 Å². The van der Waals surface area contributed by atoms with Crippen LogP contribution in [-0.4, -0.2) is 25.0 Å². The van der Waals surface area contributed by atoms with E-state index < -0.39 is 0 Å². The number of hydrogen-bond acceptors (Lipinski definition) is 3. The van der Waals surface area contributed by atoms with Crippen LogP contribution in [0.15, 0.2) is 53.5 Å². The predicted molar refractivity (Wildman–Crippen MR) is 127 cm³/mol. The number of carbonyl (C=O) groups is 1. The minimum atomic E-state index is -0.118. The van der Waals surface area contributed by atoms with E-state index in [0.29, 0.717) is 36.5 Å². The van der Waals surface area contributed by atoms with Crippen molar-refractivity contribution in [2.24, 2.45) is 10.7 Å². The molecule has 2 aromatic rings. The molecule has 152 valence electrons. The number of nitrogens with two attached hydrogens (primary N) is 1. The van der Waals surface area contributed by atoms with Crippen molar-refractivity contribution < 1.29 is 9.53 Å². The second kappa shape index (κ2) is 12.2. The summed E-state index contributed by atoms with van der Waals surface area (Å²) in [6, 6.07) is 15.5. The smallest absolute Gasteiger partial charge is 0.221 e. The summed E-state index contributed by atoms with van der Waals surface area (Å²) in [6.07, 6.45) is 1.12. The highest BCUT2D eigenvalue weighted by Gasteiger charge is 2.03. The van der Waals surface area contributed by atoms with E-state index in [0.717, 1.165) is 12.1 Å². The van der Waals surface area contributed by atoms with Crippen molar-refractivity contribution in [2.45, 2.75) is 33.1 Å². The number of carbonyl (C=O) groups excluding carboxylic acids is 1. The van der Waals surface area contributed by atoms with Crippen LogP contribution in [0.25, 0.3) is 0 Å². The van der Waals surface area contributed by atoms with Crippen molar-refractivity contribution in [1.29, 1.82) is 0 Å². The van der Waals surface area contributed by atoms with Crippen molar-refractivity contribution >= 4 is 47.2 Å². The molecule has 7 heteroatoms. The lowest BCUT2D eigenvalue weighted by Crippen LogP contribution is -2.23. The number of nitrogens with zero attached hydrogens (tertiary/aromatic N) is 1. The number of ether oxygens (including phenoxy) is 1. The van der Waals surface area contributed by atoms with Gasteiger partial charge in [-0.1, -0.05) is 32.0 Å². The number of nitrogens with one attached hydrogen (secondary N) is 2. The van der Waals surface area contributed by atoms with E-state index in [1.165, 1.54) is 12.5 Å². The maximum absolute atomic E-state index is 11.1. The van der Waals surface area contributed by atoms with Crippen molar-refractivity contribution in [3.05, 3.63) is 54.1 Å². The molecule has 0 spiro atoms. The zero-order chi connectivity index (χ0) is 19.6. The Hall–Kier alpha value is -2.29. The molecule has 0 aromatic heterocycles. The summed E-state index contributed by atoms with van der Waals surface area (Å²) < 4.78 is 5.64. The average Bonchev–Trinajstić information content (AvgIpc) is 2.65. The predicted octanol–water partition coefficient (Wildman–Crippen LogP) is 4.58. The number of benzene rings is 2. The van der Waals surface area contributed by atoms with E-state index >= 15 is 0 Å². The molecule has 6 nitrogen and oxygen atoms in total. The Morgan fingerprint density at radius 2 is 1.86 bits per heavy atom. The second-order valence-corrected chi connectivity index (χ2v) is 6.38. The van der Waals surface area contributed by atoms with Gasteiger partial charge in [-0.2, -0.15) is 0 Å². The van der Waals surface area contributed by atoms with E-state index in [4.69, 9.17) is 10.5 Å². The van der Waals surface area contributed by atoms with Crippen molar-refractivity contribution in [1.82, 2.24) is 0 Å². The van der Waals surface area contributed by atoms with Gasteiger partial charge in [-0.25, -0.2) is 4.99 Å². The van der Waals surface area contributed by atoms with Crippen LogP contribution in [0.5, 0.6) is 5.75 Å². The summed E-state index contributed by atoms with van der Waals surface area (Å²) in [7, 11) is 0.